The van der Waals surface area contributed by atoms with Crippen molar-refractivity contribution >= 4 is 34.9 Å². The van der Waals surface area contributed by atoms with Crippen molar-refractivity contribution < 1.29 is 4.42 Å². The molecule has 0 fully saturated rings. The van der Waals surface area contributed by atoms with E-state index in [1.807, 2.05) is 49.0 Å². The summed E-state index contributed by atoms with van der Waals surface area (Å²) in [6, 6.07) is 9.73. The number of thioether (sulfide) groups is 1. The summed E-state index contributed by atoms with van der Waals surface area (Å²) < 4.78 is 5.28. The summed E-state index contributed by atoms with van der Waals surface area (Å²) in [6.07, 6.45) is 2.76. The van der Waals surface area contributed by atoms with Crippen LogP contribution in [0.4, 0.5) is 5.82 Å². The van der Waals surface area contributed by atoms with Gasteiger partial charge in [-0.25, -0.2) is 4.98 Å². The molecule has 0 radical (unpaired) electrons. The van der Waals surface area contributed by atoms with Crippen molar-refractivity contribution in [3.05, 3.63) is 48.0 Å². The first-order valence-corrected chi connectivity index (χ1v) is 8.39. The minimum Gasteiger partial charge on any atom is -0.468 e. The number of thiocarbonyl (C=S) groups is 1. The third kappa shape index (κ3) is 6.18. The molecule has 0 atom stereocenters. The molecule has 0 unspecified atom stereocenters. The lowest BCUT2D eigenvalue weighted by atomic mass is 10.4. The molecule has 0 aliphatic rings. The summed E-state index contributed by atoms with van der Waals surface area (Å²) in [6.45, 7) is 2.81. The number of pyridine rings is 1. The van der Waals surface area contributed by atoms with E-state index in [0.29, 0.717) is 5.11 Å². The van der Waals surface area contributed by atoms with Gasteiger partial charge < -0.3 is 15.1 Å². The second kappa shape index (κ2) is 8.69. The van der Waals surface area contributed by atoms with Crippen LogP contribution in [0.15, 0.2) is 41.0 Å². The van der Waals surface area contributed by atoms with E-state index in [-0.39, 0.29) is 0 Å². The molecule has 0 saturated carbocycles. The number of rotatable bonds is 7. The molecule has 112 valence electrons. The molecular formula is C15H19N3OS2. The fraction of sp³-hybridized carbons (Fsp3) is 0.333. The van der Waals surface area contributed by atoms with Crippen LogP contribution in [0.3, 0.4) is 0 Å². The van der Waals surface area contributed by atoms with Gasteiger partial charge in [0.2, 0.25) is 0 Å². The highest BCUT2D eigenvalue weighted by atomic mass is 32.2. The second-order valence-electron chi connectivity index (χ2n) is 4.53. The average molecular weight is 321 g/mol. The van der Waals surface area contributed by atoms with Crippen LogP contribution in [0, 0.1) is 6.92 Å². The van der Waals surface area contributed by atoms with Gasteiger partial charge in [0, 0.05) is 12.2 Å². The fourth-order valence-corrected chi connectivity index (χ4v) is 2.78. The Balaban J connectivity index is 1.55. The van der Waals surface area contributed by atoms with E-state index >= 15 is 0 Å². The lowest BCUT2D eigenvalue weighted by Gasteiger charge is -2.10. The Labute approximate surface area is 134 Å². The maximum atomic E-state index is 5.28. The average Bonchev–Trinajstić information content (AvgIpc) is 2.96. The monoisotopic (exact) mass is 321 g/mol. The number of nitrogens with zero attached hydrogens (tertiary/aromatic N) is 1. The Morgan fingerprint density at radius 1 is 1.33 bits per heavy atom. The van der Waals surface area contributed by atoms with Gasteiger partial charge in [-0.3, -0.25) is 0 Å². The van der Waals surface area contributed by atoms with E-state index in [4.69, 9.17) is 16.6 Å². The zero-order chi connectivity index (χ0) is 14.9. The molecule has 6 heteroatoms. The van der Waals surface area contributed by atoms with Gasteiger partial charge in [-0.05, 0) is 55.6 Å². The molecule has 0 aromatic carbocycles. The van der Waals surface area contributed by atoms with Gasteiger partial charge in [0.05, 0.1) is 12.0 Å². The zero-order valence-corrected chi connectivity index (χ0v) is 13.6. The number of furan rings is 1. The Kier molecular flexibility index (Phi) is 6.56. The standard InChI is InChI=1S/C15H19N3OS2/c1-12-5-2-7-14(17-12)18-15(20)16-8-4-10-21-11-13-6-3-9-19-13/h2-3,5-7,9H,4,8,10-11H2,1H3,(H2,16,17,18,20). The Morgan fingerprint density at radius 3 is 3.00 bits per heavy atom. The highest BCUT2D eigenvalue weighted by Gasteiger charge is 1.99. The summed E-state index contributed by atoms with van der Waals surface area (Å²) in [7, 11) is 0. The van der Waals surface area contributed by atoms with Crippen molar-refractivity contribution in [1.82, 2.24) is 10.3 Å². The smallest absolute Gasteiger partial charge is 0.171 e. The van der Waals surface area contributed by atoms with E-state index in [2.05, 4.69) is 15.6 Å². The Hall–Kier alpha value is -1.53. The van der Waals surface area contributed by atoms with Crippen LogP contribution in [0.2, 0.25) is 0 Å². The van der Waals surface area contributed by atoms with Crippen LogP contribution in [0.1, 0.15) is 17.9 Å². The van der Waals surface area contributed by atoms with Gasteiger partial charge in [0.1, 0.15) is 11.6 Å². The van der Waals surface area contributed by atoms with Crippen LogP contribution in [0.25, 0.3) is 0 Å². The quantitative estimate of drug-likeness (QED) is 0.600. The minimum absolute atomic E-state index is 0.615. The van der Waals surface area contributed by atoms with Crippen molar-refractivity contribution in [3.8, 4) is 0 Å². The van der Waals surface area contributed by atoms with Gasteiger partial charge in [-0.2, -0.15) is 11.8 Å². The predicted octanol–water partition coefficient (Wildman–Crippen LogP) is 3.59. The normalized spacial score (nSPS) is 10.3. The molecule has 2 rings (SSSR count). The van der Waals surface area contributed by atoms with E-state index in [0.717, 1.165) is 41.7 Å². The maximum absolute atomic E-state index is 5.28. The summed E-state index contributed by atoms with van der Waals surface area (Å²) in [5.74, 6) is 3.79. The molecule has 0 aliphatic heterocycles. The van der Waals surface area contributed by atoms with E-state index in [9.17, 15) is 0 Å². The number of nitrogens with one attached hydrogen (secondary N) is 2. The molecule has 2 heterocycles. The first-order chi connectivity index (χ1) is 10.2. The first kappa shape index (κ1) is 15.9. The molecule has 21 heavy (non-hydrogen) atoms. The SMILES string of the molecule is Cc1cccc(NC(=S)NCCCSCc2ccco2)n1. The van der Waals surface area contributed by atoms with Crippen LogP contribution >= 0.6 is 24.0 Å². The number of aromatic nitrogens is 1. The Bertz CT molecular complexity index is 558. The third-order valence-corrected chi connectivity index (χ3v) is 4.02. The van der Waals surface area contributed by atoms with Gasteiger partial charge in [-0.15, -0.1) is 0 Å². The molecule has 0 amide bonds. The zero-order valence-electron chi connectivity index (χ0n) is 12.0. The number of hydrogen-bond donors (Lipinski definition) is 2. The van der Waals surface area contributed by atoms with Gasteiger partial charge in [0.15, 0.2) is 5.11 Å². The molecule has 2 aromatic heterocycles. The van der Waals surface area contributed by atoms with Crippen LogP contribution in [-0.4, -0.2) is 22.4 Å². The lowest BCUT2D eigenvalue weighted by molar-refractivity contribution is 0.530. The lowest BCUT2D eigenvalue weighted by Crippen LogP contribution is -2.29. The molecule has 4 nitrogen and oxygen atoms in total. The first-order valence-electron chi connectivity index (χ1n) is 6.82. The molecule has 0 saturated heterocycles. The molecule has 2 N–H and O–H groups in total. The number of hydrogen-bond acceptors (Lipinski definition) is 4. The molecule has 0 aliphatic carbocycles. The summed E-state index contributed by atoms with van der Waals surface area (Å²) >= 11 is 7.10. The number of anilines is 1. The van der Waals surface area contributed by atoms with Gasteiger partial charge in [-0.1, -0.05) is 6.07 Å². The van der Waals surface area contributed by atoms with E-state index in [1.54, 1.807) is 6.26 Å². The summed E-state index contributed by atoms with van der Waals surface area (Å²) in [4.78, 5) is 4.35. The highest BCUT2D eigenvalue weighted by molar-refractivity contribution is 7.98. The van der Waals surface area contributed by atoms with E-state index < -0.39 is 0 Å². The molecule has 0 bridgehead atoms. The fourth-order valence-electron chi connectivity index (χ4n) is 1.72. The molecular weight excluding hydrogens is 302 g/mol. The van der Waals surface area contributed by atoms with Crippen LogP contribution in [-0.2, 0) is 5.75 Å². The van der Waals surface area contributed by atoms with Crippen molar-refractivity contribution in [2.75, 3.05) is 17.6 Å². The Morgan fingerprint density at radius 2 is 2.24 bits per heavy atom. The predicted molar refractivity (Wildman–Crippen MR) is 92.7 cm³/mol. The largest absolute Gasteiger partial charge is 0.468 e. The van der Waals surface area contributed by atoms with Gasteiger partial charge >= 0.3 is 0 Å². The van der Waals surface area contributed by atoms with Crippen LogP contribution in [0.5, 0.6) is 0 Å². The van der Waals surface area contributed by atoms with Crippen LogP contribution < -0.4 is 10.6 Å². The van der Waals surface area contributed by atoms with Crippen molar-refractivity contribution in [1.29, 1.82) is 0 Å². The van der Waals surface area contributed by atoms with E-state index in [1.165, 1.54) is 0 Å². The van der Waals surface area contributed by atoms with Crippen molar-refractivity contribution in [2.24, 2.45) is 0 Å². The summed E-state index contributed by atoms with van der Waals surface area (Å²) in [5.41, 5.74) is 0.970. The van der Waals surface area contributed by atoms with Crippen molar-refractivity contribution in [2.45, 2.75) is 19.1 Å². The van der Waals surface area contributed by atoms with Crippen molar-refractivity contribution in [3.63, 3.8) is 0 Å². The van der Waals surface area contributed by atoms with Gasteiger partial charge in [0.25, 0.3) is 0 Å². The molecule has 2 aromatic rings. The number of aryl methyl sites for hydroxylation is 1. The second-order valence-corrected chi connectivity index (χ2v) is 6.04. The third-order valence-electron chi connectivity index (χ3n) is 2.71. The highest BCUT2D eigenvalue weighted by Crippen LogP contribution is 2.12. The summed E-state index contributed by atoms with van der Waals surface area (Å²) in [5, 5.41) is 6.89. The maximum Gasteiger partial charge on any atom is 0.171 e. The molecule has 0 spiro atoms. The minimum atomic E-state index is 0.615. The topological polar surface area (TPSA) is 50.1 Å².